The number of carbonyl (C=O) groups is 3. The second-order valence-corrected chi connectivity index (χ2v) is 7.19. The van der Waals surface area contributed by atoms with E-state index in [1.54, 1.807) is 0 Å². The van der Waals surface area contributed by atoms with Gasteiger partial charge in [0.1, 0.15) is 11.5 Å². The smallest absolute Gasteiger partial charge is 0.309 e. The summed E-state index contributed by atoms with van der Waals surface area (Å²) in [5, 5.41) is 13.4. The standard InChI is InChI=1S/C19H22N2O7/c1-27-16-6-5-14(21(25)26)9-15(16)20-17(22)10-28-19(24)13-7-11-3-2-4-12(8-13)18(11)23/h5-6,9,11-13H,2-4,7-8,10H2,1H3,(H,20,22)/t11-,12+,13?. The number of rotatable bonds is 6. The number of anilines is 1. The van der Waals surface area contributed by atoms with Crippen LogP contribution in [0.4, 0.5) is 11.4 Å². The first-order valence-corrected chi connectivity index (χ1v) is 9.21. The molecular weight excluding hydrogens is 368 g/mol. The van der Waals surface area contributed by atoms with Crippen LogP contribution < -0.4 is 10.1 Å². The van der Waals surface area contributed by atoms with Gasteiger partial charge in [-0.05, 0) is 31.7 Å². The number of methoxy groups -OCH3 is 1. The van der Waals surface area contributed by atoms with E-state index in [9.17, 15) is 24.5 Å². The first-order valence-electron chi connectivity index (χ1n) is 9.21. The van der Waals surface area contributed by atoms with E-state index in [2.05, 4.69) is 5.32 Å². The summed E-state index contributed by atoms with van der Waals surface area (Å²) in [6, 6.07) is 3.81. The highest BCUT2D eigenvalue weighted by Crippen LogP contribution is 2.40. The predicted octanol–water partition coefficient (Wildman–Crippen LogP) is 2.48. The van der Waals surface area contributed by atoms with Gasteiger partial charge in [-0.3, -0.25) is 24.5 Å². The number of benzene rings is 1. The summed E-state index contributed by atoms with van der Waals surface area (Å²) < 4.78 is 10.2. The summed E-state index contributed by atoms with van der Waals surface area (Å²) in [7, 11) is 1.37. The molecule has 0 saturated heterocycles. The molecule has 2 bridgehead atoms. The number of Topliss-reactive ketones (excluding diaryl/α,β-unsaturated/α-hetero) is 1. The lowest BCUT2D eigenvalue weighted by Crippen LogP contribution is -2.40. The Morgan fingerprint density at radius 3 is 2.54 bits per heavy atom. The number of ketones is 1. The minimum atomic E-state index is -0.626. The van der Waals surface area contributed by atoms with Crippen LogP contribution in [0.1, 0.15) is 32.1 Å². The number of nitro groups is 1. The zero-order valence-electron chi connectivity index (χ0n) is 15.5. The maximum absolute atomic E-state index is 12.3. The van der Waals surface area contributed by atoms with Crippen LogP contribution in [0.15, 0.2) is 18.2 Å². The van der Waals surface area contributed by atoms with Crippen molar-refractivity contribution in [3.8, 4) is 5.75 Å². The molecule has 2 saturated carbocycles. The number of nitrogens with zero attached hydrogens (tertiary/aromatic N) is 1. The molecule has 0 spiro atoms. The number of hydrogen-bond donors (Lipinski definition) is 1. The topological polar surface area (TPSA) is 125 Å². The third-order valence-corrected chi connectivity index (χ3v) is 5.39. The number of nitro benzene ring substituents is 1. The molecule has 1 aromatic rings. The number of amides is 1. The van der Waals surface area contributed by atoms with Crippen molar-refractivity contribution >= 4 is 29.0 Å². The molecule has 1 unspecified atom stereocenters. The fourth-order valence-electron chi connectivity index (χ4n) is 4.02. The predicted molar refractivity (Wildman–Crippen MR) is 97.8 cm³/mol. The van der Waals surface area contributed by atoms with Gasteiger partial charge in [0.15, 0.2) is 6.61 Å². The lowest BCUT2D eigenvalue weighted by atomic mass is 9.67. The highest BCUT2D eigenvalue weighted by molar-refractivity contribution is 5.95. The molecule has 0 aromatic heterocycles. The van der Waals surface area contributed by atoms with Gasteiger partial charge in [-0.2, -0.15) is 0 Å². The highest BCUT2D eigenvalue weighted by Gasteiger charge is 2.41. The SMILES string of the molecule is COc1ccc([N+](=O)[O-])cc1NC(=O)COC(=O)C1C[C@H]2CCC[C@@H](C1)C2=O. The Labute approximate surface area is 161 Å². The molecular formula is C19H22N2O7. The van der Waals surface area contributed by atoms with Crippen molar-refractivity contribution in [2.45, 2.75) is 32.1 Å². The Morgan fingerprint density at radius 2 is 1.93 bits per heavy atom. The minimum absolute atomic E-state index is 0.0759. The Kier molecular flexibility index (Phi) is 5.91. The van der Waals surface area contributed by atoms with E-state index >= 15 is 0 Å². The molecule has 1 aromatic carbocycles. The summed E-state index contributed by atoms with van der Waals surface area (Å²) in [6.45, 7) is -0.509. The molecule has 0 heterocycles. The Balaban J connectivity index is 1.56. The third kappa shape index (κ3) is 4.29. The number of carbonyl (C=O) groups excluding carboxylic acids is 3. The lowest BCUT2D eigenvalue weighted by Gasteiger charge is -2.36. The molecule has 2 fully saturated rings. The van der Waals surface area contributed by atoms with E-state index in [1.165, 1.54) is 25.3 Å². The van der Waals surface area contributed by atoms with Crippen molar-refractivity contribution in [1.82, 2.24) is 0 Å². The van der Waals surface area contributed by atoms with Crippen LogP contribution in [-0.2, 0) is 19.1 Å². The van der Waals surface area contributed by atoms with E-state index in [-0.39, 0.29) is 40.7 Å². The van der Waals surface area contributed by atoms with Gasteiger partial charge in [-0.25, -0.2) is 0 Å². The van der Waals surface area contributed by atoms with E-state index in [0.29, 0.717) is 12.8 Å². The maximum atomic E-state index is 12.3. The largest absolute Gasteiger partial charge is 0.495 e. The number of non-ortho nitro benzene ring substituents is 1. The van der Waals surface area contributed by atoms with Crippen LogP contribution in [0.25, 0.3) is 0 Å². The highest BCUT2D eigenvalue weighted by atomic mass is 16.6. The van der Waals surface area contributed by atoms with E-state index < -0.39 is 23.4 Å². The van der Waals surface area contributed by atoms with Gasteiger partial charge in [-0.1, -0.05) is 6.42 Å². The first kappa shape index (κ1) is 19.8. The van der Waals surface area contributed by atoms with Crippen LogP contribution >= 0.6 is 0 Å². The average molecular weight is 390 g/mol. The van der Waals surface area contributed by atoms with Gasteiger partial charge in [0.2, 0.25) is 0 Å². The molecule has 3 rings (SSSR count). The van der Waals surface area contributed by atoms with Crippen LogP contribution in [-0.4, -0.2) is 36.3 Å². The van der Waals surface area contributed by atoms with Gasteiger partial charge < -0.3 is 14.8 Å². The second-order valence-electron chi connectivity index (χ2n) is 7.19. The quantitative estimate of drug-likeness (QED) is 0.449. The van der Waals surface area contributed by atoms with Crippen LogP contribution in [0, 0.1) is 27.9 Å². The van der Waals surface area contributed by atoms with Crippen LogP contribution in [0.5, 0.6) is 5.75 Å². The third-order valence-electron chi connectivity index (χ3n) is 5.39. The number of hydrogen-bond acceptors (Lipinski definition) is 7. The molecule has 1 amide bonds. The monoisotopic (exact) mass is 390 g/mol. The maximum Gasteiger partial charge on any atom is 0.309 e. The second kappa shape index (κ2) is 8.37. The lowest BCUT2D eigenvalue weighted by molar-refractivity contribution is -0.384. The van der Waals surface area contributed by atoms with Crippen molar-refractivity contribution in [2.75, 3.05) is 19.0 Å². The summed E-state index contributed by atoms with van der Waals surface area (Å²) in [5.74, 6) is -1.12. The van der Waals surface area contributed by atoms with Crippen molar-refractivity contribution in [2.24, 2.45) is 17.8 Å². The molecule has 9 nitrogen and oxygen atoms in total. The van der Waals surface area contributed by atoms with Crippen molar-refractivity contribution < 1.29 is 28.8 Å². The Morgan fingerprint density at radius 1 is 1.25 bits per heavy atom. The summed E-state index contributed by atoms with van der Waals surface area (Å²) >= 11 is 0. The molecule has 0 aliphatic heterocycles. The fourth-order valence-corrected chi connectivity index (χ4v) is 4.02. The zero-order valence-corrected chi connectivity index (χ0v) is 15.5. The summed E-state index contributed by atoms with van der Waals surface area (Å²) in [5.41, 5.74) is -0.0814. The fraction of sp³-hybridized carbons (Fsp3) is 0.526. The first-order chi connectivity index (χ1) is 13.4. The zero-order chi connectivity index (χ0) is 20.3. The molecule has 3 atom stereocenters. The van der Waals surface area contributed by atoms with E-state index in [4.69, 9.17) is 9.47 Å². The summed E-state index contributed by atoms with van der Waals surface area (Å²) in [6.07, 6.45) is 3.59. The van der Waals surface area contributed by atoms with Crippen LogP contribution in [0.2, 0.25) is 0 Å². The molecule has 2 aliphatic carbocycles. The van der Waals surface area contributed by atoms with Gasteiger partial charge in [-0.15, -0.1) is 0 Å². The molecule has 2 aliphatic rings. The molecule has 1 N–H and O–H groups in total. The Bertz CT molecular complexity index is 791. The van der Waals surface area contributed by atoms with Gasteiger partial charge in [0.25, 0.3) is 11.6 Å². The van der Waals surface area contributed by atoms with Crippen LogP contribution in [0.3, 0.4) is 0 Å². The number of nitrogens with one attached hydrogen (secondary N) is 1. The molecule has 0 radical (unpaired) electrons. The van der Waals surface area contributed by atoms with Gasteiger partial charge in [0.05, 0.1) is 23.6 Å². The number of fused-ring (bicyclic) bond motifs is 2. The molecule has 150 valence electrons. The number of ether oxygens (including phenoxy) is 2. The van der Waals surface area contributed by atoms with E-state index in [0.717, 1.165) is 19.3 Å². The minimum Gasteiger partial charge on any atom is -0.495 e. The normalized spacial score (nSPS) is 23.6. The van der Waals surface area contributed by atoms with E-state index in [1.807, 2.05) is 0 Å². The molecule has 9 heteroatoms. The van der Waals surface area contributed by atoms with Gasteiger partial charge >= 0.3 is 5.97 Å². The van der Waals surface area contributed by atoms with Crippen molar-refractivity contribution in [3.63, 3.8) is 0 Å². The Hall–Kier alpha value is -2.97. The summed E-state index contributed by atoms with van der Waals surface area (Å²) in [4.78, 5) is 46.9. The van der Waals surface area contributed by atoms with Crippen molar-refractivity contribution in [3.05, 3.63) is 28.3 Å². The number of esters is 1. The molecule has 28 heavy (non-hydrogen) atoms. The average Bonchev–Trinajstić information content (AvgIpc) is 2.65. The van der Waals surface area contributed by atoms with Crippen molar-refractivity contribution in [1.29, 1.82) is 0 Å². The van der Waals surface area contributed by atoms with Gasteiger partial charge in [0, 0.05) is 24.0 Å².